The third kappa shape index (κ3) is 6.44. The van der Waals surface area contributed by atoms with E-state index in [1.165, 1.54) is 0 Å². The van der Waals surface area contributed by atoms with Gasteiger partial charge in [-0.05, 0) is 54.4 Å². The van der Waals surface area contributed by atoms with Crippen molar-refractivity contribution in [2.45, 2.75) is 6.42 Å². The van der Waals surface area contributed by atoms with Crippen LogP contribution in [0.4, 0.5) is 11.4 Å². The number of hydrogen-bond donors (Lipinski definition) is 2. The van der Waals surface area contributed by atoms with E-state index < -0.39 is 0 Å². The van der Waals surface area contributed by atoms with Gasteiger partial charge >= 0.3 is 0 Å². The van der Waals surface area contributed by atoms with Gasteiger partial charge in [0, 0.05) is 29.7 Å². The summed E-state index contributed by atoms with van der Waals surface area (Å²) >= 11 is 24.3. The molecule has 0 saturated carbocycles. The average molecular weight is 497 g/mol. The van der Waals surface area contributed by atoms with Gasteiger partial charge in [0.05, 0.1) is 27.0 Å². The molecule has 0 aliphatic heterocycles. The highest BCUT2D eigenvalue weighted by molar-refractivity contribution is 6.36. The molecule has 0 aliphatic rings. The fraction of sp³-hybridized carbons (Fsp3) is 0.174. The second kappa shape index (κ2) is 11.0. The summed E-state index contributed by atoms with van der Waals surface area (Å²) < 4.78 is 0. The van der Waals surface area contributed by atoms with E-state index in [0.717, 1.165) is 11.3 Å². The Morgan fingerprint density at radius 2 is 1.58 bits per heavy atom. The van der Waals surface area contributed by atoms with Crippen LogP contribution in [0.3, 0.4) is 0 Å². The maximum atomic E-state index is 13.2. The highest BCUT2D eigenvalue weighted by atomic mass is 35.5. The zero-order chi connectivity index (χ0) is 22.4. The highest BCUT2D eigenvalue weighted by Gasteiger charge is 2.19. The van der Waals surface area contributed by atoms with Crippen molar-refractivity contribution in [2.75, 3.05) is 30.7 Å². The Morgan fingerprint density at radius 1 is 0.871 bits per heavy atom. The minimum atomic E-state index is -0.182. The van der Waals surface area contributed by atoms with Crippen molar-refractivity contribution in [3.63, 3.8) is 0 Å². The molecule has 3 rings (SSSR count). The fourth-order valence-corrected chi connectivity index (χ4v) is 3.86. The average Bonchev–Trinajstić information content (AvgIpc) is 2.74. The number of anilines is 2. The van der Waals surface area contributed by atoms with E-state index in [-0.39, 0.29) is 11.6 Å². The molecule has 0 bridgehead atoms. The van der Waals surface area contributed by atoms with Crippen LogP contribution in [0, 0.1) is 0 Å². The molecule has 0 atom stereocenters. The quantitative estimate of drug-likeness (QED) is 0.342. The highest BCUT2D eigenvalue weighted by Crippen LogP contribution is 2.26. The summed E-state index contributed by atoms with van der Waals surface area (Å²) in [5, 5.41) is 5.36. The van der Waals surface area contributed by atoms with Gasteiger partial charge in [-0.15, -0.1) is 0 Å². The molecule has 0 heterocycles. The number of benzene rings is 3. The molecular weight excluding hydrogens is 476 g/mol. The number of amides is 1. The molecule has 0 saturated heterocycles. The summed E-state index contributed by atoms with van der Waals surface area (Å²) in [7, 11) is 0. The van der Waals surface area contributed by atoms with Gasteiger partial charge in [-0.1, -0.05) is 64.6 Å². The van der Waals surface area contributed by atoms with Gasteiger partial charge < -0.3 is 16.0 Å². The van der Waals surface area contributed by atoms with E-state index in [9.17, 15) is 4.79 Å². The normalized spacial score (nSPS) is 10.7. The number of carbonyl (C=O) groups is 1. The molecule has 0 unspecified atom stereocenters. The molecule has 0 aliphatic carbocycles. The lowest BCUT2D eigenvalue weighted by molar-refractivity contribution is 0.0765. The van der Waals surface area contributed by atoms with Crippen LogP contribution in [0.1, 0.15) is 15.9 Å². The van der Waals surface area contributed by atoms with Crippen molar-refractivity contribution < 1.29 is 4.79 Å². The number of carbonyl (C=O) groups excluding carboxylic acids is 1. The Morgan fingerprint density at radius 3 is 2.29 bits per heavy atom. The van der Waals surface area contributed by atoms with Gasteiger partial charge in [0.2, 0.25) is 0 Å². The Kier molecular flexibility index (Phi) is 8.33. The zero-order valence-electron chi connectivity index (χ0n) is 16.5. The standard InChI is InChI=1S/C23H21Cl4N3O/c24-16-6-4-15(5-7-16)10-12-30(23(31)18-2-1-3-19(26)22(18)28)13-11-29-21-9-8-17(25)14-20(21)27/h1-9,14,29H,10-13,28H2. The number of rotatable bonds is 8. The molecule has 4 nitrogen and oxygen atoms in total. The Balaban J connectivity index is 1.73. The van der Waals surface area contributed by atoms with Crippen LogP contribution in [-0.4, -0.2) is 30.4 Å². The van der Waals surface area contributed by atoms with Crippen molar-refractivity contribution in [2.24, 2.45) is 0 Å². The predicted octanol–water partition coefficient (Wildman–Crippen LogP) is 6.68. The lowest BCUT2D eigenvalue weighted by atomic mass is 10.1. The van der Waals surface area contributed by atoms with Gasteiger partial charge in [-0.3, -0.25) is 4.79 Å². The first kappa shape index (κ1) is 23.6. The largest absolute Gasteiger partial charge is 0.397 e. The van der Waals surface area contributed by atoms with Gasteiger partial charge in [-0.2, -0.15) is 0 Å². The van der Waals surface area contributed by atoms with E-state index in [1.54, 1.807) is 41.3 Å². The van der Waals surface area contributed by atoms with E-state index >= 15 is 0 Å². The third-order valence-corrected chi connectivity index (χ3v) is 5.91. The summed E-state index contributed by atoms with van der Waals surface area (Å²) in [6.45, 7) is 1.44. The second-order valence-corrected chi connectivity index (χ2v) is 8.61. The van der Waals surface area contributed by atoms with Gasteiger partial charge in [0.1, 0.15) is 0 Å². The van der Waals surface area contributed by atoms with Crippen LogP contribution in [-0.2, 0) is 6.42 Å². The first-order chi connectivity index (χ1) is 14.8. The molecular formula is C23H21Cl4N3O. The molecule has 162 valence electrons. The Hall–Kier alpha value is -2.11. The van der Waals surface area contributed by atoms with Crippen LogP contribution in [0.2, 0.25) is 20.1 Å². The van der Waals surface area contributed by atoms with Crippen molar-refractivity contribution in [1.29, 1.82) is 0 Å². The number of hydrogen-bond acceptors (Lipinski definition) is 3. The predicted molar refractivity (Wildman–Crippen MR) is 132 cm³/mol. The van der Waals surface area contributed by atoms with E-state index in [4.69, 9.17) is 52.1 Å². The summed E-state index contributed by atoms with van der Waals surface area (Å²) in [6, 6.07) is 17.9. The van der Waals surface area contributed by atoms with E-state index in [2.05, 4.69) is 5.32 Å². The number of nitrogens with two attached hydrogens (primary N) is 1. The SMILES string of the molecule is Nc1c(Cl)cccc1C(=O)N(CCNc1ccc(Cl)cc1Cl)CCc1ccc(Cl)cc1. The molecule has 3 aromatic carbocycles. The molecule has 0 aromatic heterocycles. The minimum absolute atomic E-state index is 0.182. The number of nitrogens with zero attached hydrogens (tertiary/aromatic N) is 1. The molecule has 3 aromatic rings. The number of nitrogens with one attached hydrogen (secondary N) is 1. The van der Waals surface area contributed by atoms with Crippen LogP contribution < -0.4 is 11.1 Å². The first-order valence-electron chi connectivity index (χ1n) is 9.62. The summed E-state index contributed by atoms with van der Waals surface area (Å²) in [4.78, 5) is 15.0. The maximum absolute atomic E-state index is 13.2. The van der Waals surface area contributed by atoms with E-state index in [1.807, 2.05) is 24.3 Å². The number of nitrogen functional groups attached to an aromatic ring is 1. The lowest BCUT2D eigenvalue weighted by Gasteiger charge is -2.24. The van der Waals surface area contributed by atoms with Gasteiger partial charge in [0.25, 0.3) is 5.91 Å². The number of para-hydroxylation sites is 1. The minimum Gasteiger partial charge on any atom is -0.397 e. The fourth-order valence-electron chi connectivity index (χ4n) is 3.08. The van der Waals surface area contributed by atoms with Gasteiger partial charge in [-0.25, -0.2) is 0 Å². The molecule has 31 heavy (non-hydrogen) atoms. The van der Waals surface area contributed by atoms with E-state index in [0.29, 0.717) is 51.7 Å². The summed E-state index contributed by atoms with van der Waals surface area (Å²) in [5.41, 5.74) is 8.55. The van der Waals surface area contributed by atoms with Crippen molar-refractivity contribution in [3.05, 3.63) is 91.9 Å². The second-order valence-electron chi connectivity index (χ2n) is 6.92. The van der Waals surface area contributed by atoms with Crippen LogP contribution in [0.15, 0.2) is 60.7 Å². The van der Waals surface area contributed by atoms with Crippen molar-refractivity contribution in [3.8, 4) is 0 Å². The van der Waals surface area contributed by atoms with Crippen LogP contribution >= 0.6 is 46.4 Å². The molecule has 0 radical (unpaired) electrons. The van der Waals surface area contributed by atoms with Crippen molar-refractivity contribution >= 4 is 63.7 Å². The molecule has 3 N–H and O–H groups in total. The maximum Gasteiger partial charge on any atom is 0.256 e. The van der Waals surface area contributed by atoms with Crippen molar-refractivity contribution in [1.82, 2.24) is 4.90 Å². The smallest absolute Gasteiger partial charge is 0.256 e. The van der Waals surface area contributed by atoms with Crippen LogP contribution in [0.5, 0.6) is 0 Å². The third-order valence-electron chi connectivity index (χ3n) is 4.78. The van der Waals surface area contributed by atoms with Crippen LogP contribution in [0.25, 0.3) is 0 Å². The zero-order valence-corrected chi connectivity index (χ0v) is 19.6. The monoisotopic (exact) mass is 495 g/mol. The number of halogens is 4. The molecule has 8 heteroatoms. The topological polar surface area (TPSA) is 58.4 Å². The lowest BCUT2D eigenvalue weighted by Crippen LogP contribution is -2.37. The molecule has 1 amide bonds. The summed E-state index contributed by atoms with van der Waals surface area (Å²) in [5.74, 6) is -0.182. The van der Waals surface area contributed by atoms with Gasteiger partial charge in [0.15, 0.2) is 0 Å². The Bertz CT molecular complexity index is 1060. The first-order valence-corrected chi connectivity index (χ1v) is 11.1. The molecule has 0 fully saturated rings. The Labute approximate surface area is 201 Å². The molecule has 0 spiro atoms. The summed E-state index contributed by atoms with van der Waals surface area (Å²) in [6.07, 6.45) is 0.672.